The maximum Gasteiger partial charge on any atom is 0.261 e. The predicted molar refractivity (Wildman–Crippen MR) is 83.9 cm³/mol. The van der Waals surface area contributed by atoms with Gasteiger partial charge in [-0.2, -0.15) is 0 Å². The van der Waals surface area contributed by atoms with Gasteiger partial charge in [-0.25, -0.2) is 8.42 Å². The summed E-state index contributed by atoms with van der Waals surface area (Å²) in [4.78, 5) is 0.212. The average Bonchev–Trinajstić information content (AvgIpc) is 2.48. The number of hydrogen-bond acceptors (Lipinski definition) is 3. The van der Waals surface area contributed by atoms with E-state index >= 15 is 0 Å². The van der Waals surface area contributed by atoms with Gasteiger partial charge in [0.15, 0.2) is 0 Å². The molecule has 0 atom stereocenters. The normalized spacial score (nSPS) is 11.3. The molecule has 5 heteroatoms. The molecule has 2 aromatic carbocycles. The molecule has 2 N–H and O–H groups in total. The van der Waals surface area contributed by atoms with E-state index in [1.54, 1.807) is 36.4 Å². The van der Waals surface area contributed by atoms with Crippen molar-refractivity contribution in [1.29, 1.82) is 0 Å². The minimum atomic E-state index is -3.58. The van der Waals surface area contributed by atoms with Gasteiger partial charge in [0.1, 0.15) is 0 Å². The molecule has 0 spiro atoms. The highest BCUT2D eigenvalue weighted by Gasteiger charge is 2.13. The highest BCUT2D eigenvalue weighted by Crippen LogP contribution is 2.17. The van der Waals surface area contributed by atoms with E-state index in [1.165, 1.54) is 0 Å². The molecule has 0 aliphatic rings. The van der Waals surface area contributed by atoms with Crippen molar-refractivity contribution in [1.82, 2.24) is 0 Å². The summed E-state index contributed by atoms with van der Waals surface area (Å²) in [5, 5.41) is 8.86. The van der Waals surface area contributed by atoms with Crippen LogP contribution in [0.5, 0.6) is 0 Å². The second kappa shape index (κ2) is 6.74. The molecule has 0 aliphatic heterocycles. The van der Waals surface area contributed by atoms with Crippen molar-refractivity contribution >= 4 is 15.7 Å². The van der Waals surface area contributed by atoms with Crippen LogP contribution >= 0.6 is 0 Å². The number of anilines is 1. The number of aryl methyl sites for hydroxylation is 1. The highest BCUT2D eigenvalue weighted by molar-refractivity contribution is 7.92. The molecule has 0 fully saturated rings. The monoisotopic (exact) mass is 305 g/mol. The second-order valence-electron chi connectivity index (χ2n) is 4.77. The number of rotatable bonds is 6. The Morgan fingerprint density at radius 1 is 0.952 bits per heavy atom. The molecule has 0 unspecified atom stereocenters. The summed E-state index contributed by atoms with van der Waals surface area (Å²) in [5.74, 6) is 0. The fourth-order valence-corrected chi connectivity index (χ4v) is 3.05. The SMILES string of the molecule is CCc1ccc(NS(=O)(=O)c2ccc(CCO)cc2)cc1. The molecule has 0 amide bonds. The lowest BCUT2D eigenvalue weighted by Gasteiger charge is -2.09. The summed E-state index contributed by atoms with van der Waals surface area (Å²) in [6, 6.07) is 13.9. The van der Waals surface area contributed by atoms with Gasteiger partial charge in [0, 0.05) is 12.3 Å². The summed E-state index contributed by atoms with van der Waals surface area (Å²) in [6.45, 7) is 2.10. The topological polar surface area (TPSA) is 66.4 Å². The van der Waals surface area contributed by atoms with Gasteiger partial charge in [0.25, 0.3) is 10.0 Å². The van der Waals surface area contributed by atoms with Crippen LogP contribution in [0.2, 0.25) is 0 Å². The number of aliphatic hydroxyl groups is 1. The molecule has 0 heterocycles. The van der Waals surface area contributed by atoms with E-state index in [1.807, 2.05) is 19.1 Å². The van der Waals surface area contributed by atoms with Crippen LogP contribution in [0.15, 0.2) is 53.4 Å². The number of sulfonamides is 1. The van der Waals surface area contributed by atoms with Crippen molar-refractivity contribution in [3.05, 3.63) is 59.7 Å². The molecule has 0 saturated carbocycles. The van der Waals surface area contributed by atoms with Crippen LogP contribution in [0.1, 0.15) is 18.1 Å². The molecule has 0 radical (unpaired) electrons. The Labute approximate surface area is 125 Å². The van der Waals surface area contributed by atoms with E-state index < -0.39 is 10.0 Å². The molecule has 112 valence electrons. The molecule has 21 heavy (non-hydrogen) atoms. The van der Waals surface area contributed by atoms with Crippen molar-refractivity contribution in [2.24, 2.45) is 0 Å². The fraction of sp³-hybridized carbons (Fsp3) is 0.250. The first kappa shape index (κ1) is 15.5. The predicted octanol–water partition coefficient (Wildman–Crippen LogP) is 2.58. The summed E-state index contributed by atoms with van der Waals surface area (Å²) in [6.07, 6.45) is 1.44. The molecule has 2 rings (SSSR count). The second-order valence-corrected chi connectivity index (χ2v) is 6.46. The van der Waals surface area contributed by atoms with Crippen molar-refractivity contribution in [2.75, 3.05) is 11.3 Å². The van der Waals surface area contributed by atoms with Crippen molar-refractivity contribution in [2.45, 2.75) is 24.7 Å². The third-order valence-corrected chi connectivity index (χ3v) is 4.65. The molecule has 0 aliphatic carbocycles. The van der Waals surface area contributed by atoms with Crippen molar-refractivity contribution in [3.63, 3.8) is 0 Å². The van der Waals surface area contributed by atoms with E-state index in [0.29, 0.717) is 12.1 Å². The van der Waals surface area contributed by atoms with E-state index in [2.05, 4.69) is 4.72 Å². The largest absolute Gasteiger partial charge is 0.396 e. The van der Waals surface area contributed by atoms with Crippen LogP contribution in [-0.2, 0) is 22.9 Å². The molecule has 4 nitrogen and oxygen atoms in total. The van der Waals surface area contributed by atoms with Gasteiger partial charge in [0.2, 0.25) is 0 Å². The Kier molecular flexibility index (Phi) is 4.98. The lowest BCUT2D eigenvalue weighted by Crippen LogP contribution is -2.13. The number of benzene rings is 2. The Bertz CT molecular complexity index is 676. The van der Waals surface area contributed by atoms with Crippen LogP contribution in [0.4, 0.5) is 5.69 Å². The molecule has 2 aromatic rings. The van der Waals surface area contributed by atoms with Gasteiger partial charge >= 0.3 is 0 Å². The first-order valence-electron chi connectivity index (χ1n) is 6.86. The Morgan fingerprint density at radius 2 is 1.52 bits per heavy atom. The van der Waals surface area contributed by atoms with Gasteiger partial charge in [-0.1, -0.05) is 31.2 Å². The Balaban J connectivity index is 2.16. The van der Waals surface area contributed by atoms with Crippen LogP contribution in [0.3, 0.4) is 0 Å². The van der Waals surface area contributed by atoms with Gasteiger partial charge in [-0.15, -0.1) is 0 Å². The minimum absolute atomic E-state index is 0.0497. The van der Waals surface area contributed by atoms with Crippen LogP contribution < -0.4 is 4.72 Å². The lowest BCUT2D eigenvalue weighted by molar-refractivity contribution is 0.299. The van der Waals surface area contributed by atoms with Crippen molar-refractivity contribution in [3.8, 4) is 0 Å². The smallest absolute Gasteiger partial charge is 0.261 e. The van der Waals surface area contributed by atoms with Crippen LogP contribution in [0, 0.1) is 0 Å². The Hall–Kier alpha value is -1.85. The highest BCUT2D eigenvalue weighted by atomic mass is 32.2. The molecule has 0 aromatic heterocycles. The molecular weight excluding hydrogens is 286 g/mol. The maximum absolute atomic E-state index is 12.3. The summed E-state index contributed by atoms with van der Waals surface area (Å²) < 4.78 is 27.1. The standard InChI is InChI=1S/C16H19NO3S/c1-2-13-3-7-15(8-4-13)17-21(19,20)16-9-5-14(6-10-16)11-12-18/h3-10,17-18H,2,11-12H2,1H3. The first-order valence-corrected chi connectivity index (χ1v) is 8.35. The van der Waals surface area contributed by atoms with Gasteiger partial charge in [-0.3, -0.25) is 4.72 Å². The number of hydrogen-bond donors (Lipinski definition) is 2. The summed E-state index contributed by atoms with van der Waals surface area (Å²) >= 11 is 0. The van der Waals surface area contributed by atoms with Crippen LogP contribution in [-0.4, -0.2) is 20.1 Å². The van der Waals surface area contributed by atoms with E-state index in [4.69, 9.17) is 5.11 Å². The lowest BCUT2D eigenvalue weighted by atomic mass is 10.2. The molecule has 0 saturated heterocycles. The Morgan fingerprint density at radius 3 is 2.05 bits per heavy atom. The quantitative estimate of drug-likeness (QED) is 0.862. The molecule has 0 bridgehead atoms. The minimum Gasteiger partial charge on any atom is -0.396 e. The van der Waals surface area contributed by atoms with E-state index in [9.17, 15) is 8.42 Å². The first-order chi connectivity index (χ1) is 10.0. The number of aliphatic hydroxyl groups excluding tert-OH is 1. The maximum atomic E-state index is 12.3. The third kappa shape index (κ3) is 4.06. The fourth-order valence-electron chi connectivity index (χ4n) is 1.99. The van der Waals surface area contributed by atoms with Crippen LogP contribution in [0.25, 0.3) is 0 Å². The zero-order chi connectivity index (χ0) is 15.3. The van der Waals surface area contributed by atoms with Crippen molar-refractivity contribution < 1.29 is 13.5 Å². The van der Waals surface area contributed by atoms with E-state index in [-0.39, 0.29) is 11.5 Å². The molecular formula is C16H19NO3S. The zero-order valence-corrected chi connectivity index (χ0v) is 12.7. The van der Waals surface area contributed by atoms with Gasteiger partial charge in [0.05, 0.1) is 4.90 Å². The van der Waals surface area contributed by atoms with E-state index in [0.717, 1.165) is 17.5 Å². The summed E-state index contributed by atoms with van der Waals surface area (Å²) in [5.41, 5.74) is 2.61. The number of nitrogens with one attached hydrogen (secondary N) is 1. The van der Waals surface area contributed by atoms with Gasteiger partial charge < -0.3 is 5.11 Å². The van der Waals surface area contributed by atoms with Gasteiger partial charge in [-0.05, 0) is 48.2 Å². The zero-order valence-electron chi connectivity index (χ0n) is 11.9. The summed E-state index contributed by atoms with van der Waals surface area (Å²) in [7, 11) is -3.58. The average molecular weight is 305 g/mol. The third-order valence-electron chi connectivity index (χ3n) is 3.25.